The monoisotopic (exact) mass is 666 g/mol. The molecule has 0 spiro atoms. The van der Waals surface area contributed by atoms with Crippen molar-refractivity contribution in [3.05, 3.63) is 124 Å². The molecule has 1 saturated heterocycles. The third-order valence-corrected chi connectivity index (χ3v) is 8.92. The Kier molecular flexibility index (Phi) is 11.1. The number of ketones is 1. The Morgan fingerprint density at radius 3 is 2.40 bits per heavy atom. The summed E-state index contributed by atoms with van der Waals surface area (Å²) in [5.74, 6) is -1.48. The predicted molar refractivity (Wildman–Crippen MR) is 186 cm³/mol. The Labute approximate surface area is 284 Å². The second-order valence-corrected chi connectivity index (χ2v) is 12.4. The second kappa shape index (κ2) is 15.6. The van der Waals surface area contributed by atoms with E-state index < -0.39 is 23.7 Å². The standard InChI is InChI=1S/C38H38N2O7S/c1-5-7-8-21-45-29-16-12-27(13-17-29)32-31(33(41)28-14-18-30(19-15-28)47-23-26-11-9-10-24(3)22-26)34(42)36(43)40(32)38-39-25(4)35(48-38)37(44)46-20-6-2/h6,9-19,22,32,41H,2,5,7-8,20-21,23H2,1,3-4H3. The van der Waals surface area contributed by atoms with E-state index in [1.54, 1.807) is 55.5 Å². The Morgan fingerprint density at radius 1 is 1.00 bits per heavy atom. The summed E-state index contributed by atoms with van der Waals surface area (Å²) in [6.45, 7) is 10.3. The van der Waals surface area contributed by atoms with Gasteiger partial charge < -0.3 is 19.3 Å². The summed E-state index contributed by atoms with van der Waals surface area (Å²) in [4.78, 5) is 46.0. The number of benzene rings is 3. The Hall–Kier alpha value is -5.22. The van der Waals surface area contributed by atoms with Crippen LogP contribution in [0.5, 0.6) is 11.5 Å². The first-order valence-corrected chi connectivity index (χ1v) is 16.6. The lowest BCUT2D eigenvalue weighted by atomic mass is 9.95. The smallest absolute Gasteiger partial charge is 0.350 e. The maximum Gasteiger partial charge on any atom is 0.350 e. The number of aryl methyl sites for hydroxylation is 2. The van der Waals surface area contributed by atoms with Gasteiger partial charge in [0.15, 0.2) is 5.13 Å². The van der Waals surface area contributed by atoms with Gasteiger partial charge in [-0.3, -0.25) is 14.5 Å². The summed E-state index contributed by atoms with van der Waals surface area (Å²) in [6.07, 6.45) is 4.51. The number of esters is 1. The Morgan fingerprint density at radius 2 is 1.71 bits per heavy atom. The number of ether oxygens (including phenoxy) is 3. The number of unbranched alkanes of at least 4 members (excludes halogenated alkanes) is 2. The van der Waals surface area contributed by atoms with Crippen LogP contribution in [0, 0.1) is 13.8 Å². The van der Waals surface area contributed by atoms with Crippen LogP contribution in [0.3, 0.4) is 0 Å². The highest BCUT2D eigenvalue weighted by Crippen LogP contribution is 2.44. The van der Waals surface area contributed by atoms with Crippen LogP contribution in [0.1, 0.15) is 69.8 Å². The topological polar surface area (TPSA) is 115 Å². The predicted octanol–water partition coefficient (Wildman–Crippen LogP) is 7.88. The van der Waals surface area contributed by atoms with Crippen LogP contribution in [-0.2, 0) is 20.9 Å². The largest absolute Gasteiger partial charge is 0.507 e. The van der Waals surface area contributed by atoms with Crippen LogP contribution in [-0.4, -0.2) is 41.0 Å². The minimum absolute atomic E-state index is 0.0125. The van der Waals surface area contributed by atoms with Gasteiger partial charge in [-0.15, -0.1) is 0 Å². The zero-order chi connectivity index (χ0) is 34.2. The van der Waals surface area contributed by atoms with Gasteiger partial charge in [-0.05, 0) is 67.8 Å². The molecule has 3 aromatic carbocycles. The summed E-state index contributed by atoms with van der Waals surface area (Å²) in [5, 5.41) is 11.7. The third kappa shape index (κ3) is 7.66. The normalized spacial score (nSPS) is 15.4. The maximum atomic E-state index is 13.7. The molecule has 5 rings (SSSR count). The lowest BCUT2D eigenvalue weighted by Gasteiger charge is -2.23. The molecule has 1 aliphatic rings. The fraction of sp³-hybridized carbons (Fsp3) is 0.263. The quantitative estimate of drug-likeness (QED) is 0.0361. The third-order valence-electron chi connectivity index (χ3n) is 7.78. The Balaban J connectivity index is 1.49. The Bertz CT molecular complexity index is 1830. The van der Waals surface area contributed by atoms with E-state index in [-0.39, 0.29) is 27.9 Å². The maximum absolute atomic E-state index is 13.7. The van der Waals surface area contributed by atoms with Crippen LogP contribution >= 0.6 is 11.3 Å². The highest BCUT2D eigenvalue weighted by Gasteiger charge is 2.48. The molecule has 1 aliphatic heterocycles. The first-order chi connectivity index (χ1) is 23.2. The van der Waals surface area contributed by atoms with Gasteiger partial charge in [0.05, 0.1) is 23.9 Å². The number of carbonyl (C=O) groups is 3. The SMILES string of the molecule is C=CCOC(=O)c1sc(N2C(=O)C(=O)C(=C(O)c3ccc(OCc4cccc(C)c4)cc3)C2c2ccc(OCCCCC)cc2)nc1C. The highest BCUT2D eigenvalue weighted by molar-refractivity contribution is 7.17. The fourth-order valence-corrected chi connectivity index (χ4v) is 6.33. The second-order valence-electron chi connectivity index (χ2n) is 11.4. The van der Waals surface area contributed by atoms with Crippen molar-refractivity contribution >= 4 is 39.9 Å². The van der Waals surface area contributed by atoms with E-state index in [0.717, 1.165) is 41.7 Å². The number of aliphatic hydroxyl groups is 1. The minimum atomic E-state index is -1.03. The number of nitrogens with zero attached hydrogens (tertiary/aromatic N) is 2. The number of thiazole rings is 1. The number of anilines is 1. The first kappa shape index (κ1) is 34.1. The molecule has 1 N–H and O–H groups in total. The van der Waals surface area contributed by atoms with E-state index in [1.165, 1.54) is 11.0 Å². The number of aromatic nitrogens is 1. The van der Waals surface area contributed by atoms with Gasteiger partial charge in [0.25, 0.3) is 5.78 Å². The molecule has 1 fully saturated rings. The van der Waals surface area contributed by atoms with E-state index in [1.807, 2.05) is 31.2 Å². The molecule has 0 bridgehead atoms. The van der Waals surface area contributed by atoms with Gasteiger partial charge in [-0.25, -0.2) is 9.78 Å². The summed E-state index contributed by atoms with van der Waals surface area (Å²) >= 11 is 0.942. The molecule has 1 amide bonds. The molecule has 1 atom stereocenters. The number of amides is 1. The summed E-state index contributed by atoms with van der Waals surface area (Å²) in [5.41, 5.74) is 3.29. The molecule has 1 unspecified atom stereocenters. The van der Waals surface area contributed by atoms with Crippen molar-refractivity contribution in [2.75, 3.05) is 18.1 Å². The van der Waals surface area contributed by atoms with Crippen molar-refractivity contribution in [2.24, 2.45) is 0 Å². The van der Waals surface area contributed by atoms with Crippen molar-refractivity contribution in [2.45, 2.75) is 52.7 Å². The molecule has 1 aromatic heterocycles. The van der Waals surface area contributed by atoms with Crippen LogP contribution in [0.15, 0.2) is 91.0 Å². The zero-order valence-electron chi connectivity index (χ0n) is 27.2. The van der Waals surface area contributed by atoms with E-state index in [2.05, 4.69) is 18.5 Å². The van der Waals surface area contributed by atoms with Gasteiger partial charge in [0.1, 0.15) is 35.3 Å². The van der Waals surface area contributed by atoms with Gasteiger partial charge in [0.2, 0.25) is 0 Å². The van der Waals surface area contributed by atoms with E-state index in [4.69, 9.17) is 14.2 Å². The number of rotatable bonds is 14. The molecule has 0 saturated carbocycles. The first-order valence-electron chi connectivity index (χ1n) is 15.8. The van der Waals surface area contributed by atoms with Crippen molar-refractivity contribution in [3.8, 4) is 11.5 Å². The van der Waals surface area contributed by atoms with E-state index in [0.29, 0.717) is 41.5 Å². The van der Waals surface area contributed by atoms with Crippen LogP contribution in [0.25, 0.3) is 5.76 Å². The number of carbonyl (C=O) groups excluding carboxylic acids is 3. The lowest BCUT2D eigenvalue weighted by Crippen LogP contribution is -2.29. The summed E-state index contributed by atoms with van der Waals surface area (Å²) in [7, 11) is 0. The molecular weight excluding hydrogens is 628 g/mol. The van der Waals surface area contributed by atoms with Gasteiger partial charge in [0, 0.05) is 5.56 Å². The van der Waals surface area contributed by atoms with Gasteiger partial charge >= 0.3 is 11.9 Å². The number of hydrogen-bond acceptors (Lipinski definition) is 9. The number of aliphatic hydroxyl groups excluding tert-OH is 1. The van der Waals surface area contributed by atoms with E-state index in [9.17, 15) is 19.5 Å². The molecule has 0 aliphatic carbocycles. The van der Waals surface area contributed by atoms with Crippen molar-refractivity contribution < 1.29 is 33.7 Å². The lowest BCUT2D eigenvalue weighted by molar-refractivity contribution is -0.132. The molecule has 9 nitrogen and oxygen atoms in total. The summed E-state index contributed by atoms with van der Waals surface area (Å²) in [6, 6.07) is 20.7. The van der Waals surface area contributed by atoms with Gasteiger partial charge in [-0.1, -0.05) is 85.7 Å². The van der Waals surface area contributed by atoms with Crippen LogP contribution in [0.4, 0.5) is 5.13 Å². The molecule has 10 heteroatoms. The molecule has 48 heavy (non-hydrogen) atoms. The number of hydrogen-bond donors (Lipinski definition) is 1. The zero-order valence-corrected chi connectivity index (χ0v) is 28.0. The van der Waals surface area contributed by atoms with Crippen molar-refractivity contribution in [1.29, 1.82) is 0 Å². The van der Waals surface area contributed by atoms with Gasteiger partial charge in [-0.2, -0.15) is 0 Å². The van der Waals surface area contributed by atoms with Crippen LogP contribution < -0.4 is 14.4 Å². The highest BCUT2D eigenvalue weighted by atomic mass is 32.1. The summed E-state index contributed by atoms with van der Waals surface area (Å²) < 4.78 is 17.0. The molecule has 2 heterocycles. The van der Waals surface area contributed by atoms with E-state index >= 15 is 0 Å². The molecular formula is C38H38N2O7S. The molecule has 0 radical (unpaired) electrons. The molecule has 248 valence electrons. The average molecular weight is 667 g/mol. The molecule has 4 aromatic rings. The van der Waals surface area contributed by atoms with Crippen molar-refractivity contribution in [1.82, 2.24) is 4.98 Å². The fourth-order valence-electron chi connectivity index (χ4n) is 5.34. The van der Waals surface area contributed by atoms with Crippen LogP contribution in [0.2, 0.25) is 0 Å². The number of Topliss-reactive ketones (excluding diaryl/α,β-unsaturated/α-hetero) is 1. The minimum Gasteiger partial charge on any atom is -0.507 e. The van der Waals surface area contributed by atoms with Crippen molar-refractivity contribution in [3.63, 3.8) is 0 Å². The average Bonchev–Trinajstić information content (AvgIpc) is 3.60.